The van der Waals surface area contributed by atoms with E-state index in [4.69, 9.17) is 4.74 Å². The highest BCUT2D eigenvalue weighted by molar-refractivity contribution is 5.99. The monoisotopic (exact) mass is 250 g/mol. The van der Waals surface area contributed by atoms with Gasteiger partial charge in [0.2, 0.25) is 0 Å². The summed E-state index contributed by atoms with van der Waals surface area (Å²) in [4.78, 5) is 23.8. The summed E-state index contributed by atoms with van der Waals surface area (Å²) in [5.74, 6) is -1.14. The summed E-state index contributed by atoms with van der Waals surface area (Å²) in [6, 6.07) is 0. The Labute approximate surface area is 106 Å². The van der Waals surface area contributed by atoms with Gasteiger partial charge in [-0.3, -0.25) is 9.59 Å². The van der Waals surface area contributed by atoms with Crippen LogP contribution in [0, 0.1) is 16.7 Å². The van der Waals surface area contributed by atoms with Crippen LogP contribution in [0.2, 0.25) is 0 Å². The molecular weight excluding hydrogens is 232 g/mol. The topological polar surface area (TPSA) is 63.6 Å². The van der Waals surface area contributed by atoms with Gasteiger partial charge in [0.15, 0.2) is 11.5 Å². The molecule has 1 saturated heterocycles. The molecule has 1 N–H and O–H groups in total. The van der Waals surface area contributed by atoms with Gasteiger partial charge in [0.25, 0.3) is 0 Å². The van der Waals surface area contributed by atoms with E-state index in [0.29, 0.717) is 0 Å². The summed E-state index contributed by atoms with van der Waals surface area (Å²) in [5.41, 5.74) is -0.0209. The van der Waals surface area contributed by atoms with Crippen LogP contribution in [0.15, 0.2) is 11.3 Å². The lowest BCUT2D eigenvalue weighted by molar-refractivity contribution is -0.145. The first kappa shape index (κ1) is 11.8. The Hall–Kier alpha value is -1.32. The molecule has 0 spiro atoms. The maximum absolute atomic E-state index is 11.9. The largest absolute Gasteiger partial charge is 0.504 e. The maximum Gasteiger partial charge on any atom is 0.310 e. The van der Waals surface area contributed by atoms with Crippen molar-refractivity contribution in [3.05, 3.63) is 11.3 Å². The molecule has 0 aromatic rings. The Balaban J connectivity index is 2.26. The van der Waals surface area contributed by atoms with Gasteiger partial charge in [0, 0.05) is 11.8 Å². The molecule has 0 aromatic carbocycles. The number of aliphatic hydroxyl groups excluding tert-OH is 1. The second-order valence-electron chi connectivity index (χ2n) is 6.53. The number of aliphatic hydroxyl groups is 1. The normalized spacial score (nSPS) is 41.7. The number of esters is 1. The number of ketones is 1. The van der Waals surface area contributed by atoms with Gasteiger partial charge in [-0.05, 0) is 23.8 Å². The van der Waals surface area contributed by atoms with E-state index in [1.807, 2.05) is 20.8 Å². The third-order valence-corrected chi connectivity index (χ3v) is 5.07. The molecule has 3 rings (SSSR count). The lowest BCUT2D eigenvalue weighted by atomic mass is 9.52. The fourth-order valence-electron chi connectivity index (χ4n) is 4.15. The number of carbonyl (C=O) groups excluding carboxylic acids is 2. The molecule has 0 unspecified atom stereocenters. The van der Waals surface area contributed by atoms with Crippen LogP contribution in [-0.4, -0.2) is 23.0 Å². The van der Waals surface area contributed by atoms with Crippen LogP contribution in [0.4, 0.5) is 0 Å². The van der Waals surface area contributed by atoms with Crippen molar-refractivity contribution in [2.24, 2.45) is 16.7 Å². The SMILES string of the molecule is CC1(C)CC[C@@H]2OC(=O)[C@@H]3CC(=O)C(O)=C1[C@]23C. The van der Waals surface area contributed by atoms with Gasteiger partial charge in [-0.2, -0.15) is 0 Å². The summed E-state index contributed by atoms with van der Waals surface area (Å²) >= 11 is 0. The van der Waals surface area contributed by atoms with E-state index >= 15 is 0 Å². The number of hydrogen-bond acceptors (Lipinski definition) is 4. The molecule has 3 aliphatic rings. The van der Waals surface area contributed by atoms with Gasteiger partial charge in [0.1, 0.15) is 6.10 Å². The van der Waals surface area contributed by atoms with Gasteiger partial charge in [-0.1, -0.05) is 20.8 Å². The third kappa shape index (κ3) is 1.16. The zero-order valence-corrected chi connectivity index (χ0v) is 10.9. The number of ether oxygens (including phenoxy) is 1. The van der Waals surface area contributed by atoms with Crippen molar-refractivity contribution in [1.29, 1.82) is 0 Å². The van der Waals surface area contributed by atoms with Gasteiger partial charge in [0.05, 0.1) is 5.92 Å². The second kappa shape index (κ2) is 3.16. The van der Waals surface area contributed by atoms with Gasteiger partial charge >= 0.3 is 5.97 Å². The predicted molar refractivity (Wildman–Crippen MR) is 63.8 cm³/mol. The van der Waals surface area contributed by atoms with E-state index in [1.165, 1.54) is 0 Å². The molecule has 4 nitrogen and oxygen atoms in total. The van der Waals surface area contributed by atoms with Crippen molar-refractivity contribution in [1.82, 2.24) is 0 Å². The quantitative estimate of drug-likeness (QED) is 0.669. The standard InChI is InChI=1S/C14H18O4/c1-13(2)5-4-9-14(3)7(12(17)18-9)6-8(15)10(16)11(13)14/h7,9,16H,4-6H2,1-3H3/t7-,9-,14-/m0/s1. The van der Waals surface area contributed by atoms with E-state index in [2.05, 4.69) is 0 Å². The van der Waals surface area contributed by atoms with E-state index in [-0.39, 0.29) is 35.5 Å². The minimum absolute atomic E-state index is 0.0806. The lowest BCUT2D eigenvalue weighted by Crippen LogP contribution is -2.49. The highest BCUT2D eigenvalue weighted by Gasteiger charge is 2.64. The van der Waals surface area contributed by atoms with E-state index < -0.39 is 11.3 Å². The minimum Gasteiger partial charge on any atom is -0.504 e. The second-order valence-corrected chi connectivity index (χ2v) is 6.53. The van der Waals surface area contributed by atoms with Crippen molar-refractivity contribution in [2.75, 3.05) is 0 Å². The van der Waals surface area contributed by atoms with Crippen molar-refractivity contribution in [3.63, 3.8) is 0 Å². The van der Waals surface area contributed by atoms with Crippen molar-refractivity contribution < 1.29 is 19.4 Å². The fourth-order valence-corrected chi connectivity index (χ4v) is 4.15. The molecule has 0 radical (unpaired) electrons. The molecule has 98 valence electrons. The molecule has 3 atom stereocenters. The summed E-state index contributed by atoms with van der Waals surface area (Å²) in [7, 11) is 0. The first-order valence-corrected chi connectivity index (χ1v) is 6.46. The van der Waals surface area contributed by atoms with Crippen molar-refractivity contribution >= 4 is 11.8 Å². The number of Topliss-reactive ketones (excluding diaryl/α,β-unsaturated/α-hetero) is 1. The minimum atomic E-state index is -0.503. The molecule has 1 heterocycles. The average Bonchev–Trinajstić information content (AvgIpc) is 2.50. The van der Waals surface area contributed by atoms with Crippen LogP contribution in [0.25, 0.3) is 0 Å². The number of carbonyl (C=O) groups is 2. The number of allylic oxidation sites excluding steroid dienone is 1. The Kier molecular flexibility index (Phi) is 2.07. The average molecular weight is 250 g/mol. The first-order chi connectivity index (χ1) is 8.28. The molecular formula is C14H18O4. The molecule has 2 fully saturated rings. The van der Waals surface area contributed by atoms with Crippen LogP contribution < -0.4 is 0 Å². The van der Waals surface area contributed by atoms with Crippen LogP contribution >= 0.6 is 0 Å². The third-order valence-electron chi connectivity index (χ3n) is 5.07. The highest BCUT2D eigenvalue weighted by Crippen LogP contribution is 2.61. The van der Waals surface area contributed by atoms with E-state index in [9.17, 15) is 14.7 Å². The molecule has 18 heavy (non-hydrogen) atoms. The fraction of sp³-hybridized carbons (Fsp3) is 0.714. The van der Waals surface area contributed by atoms with Gasteiger partial charge in [-0.25, -0.2) is 0 Å². The molecule has 4 heteroatoms. The van der Waals surface area contributed by atoms with Crippen LogP contribution in [-0.2, 0) is 14.3 Å². The summed E-state index contributed by atoms with van der Waals surface area (Å²) in [6.07, 6.45) is 1.52. The highest BCUT2D eigenvalue weighted by atomic mass is 16.6. The maximum atomic E-state index is 11.9. The molecule has 1 aliphatic heterocycles. The Morgan fingerprint density at radius 2 is 1.94 bits per heavy atom. The zero-order chi connectivity index (χ0) is 13.3. The Morgan fingerprint density at radius 1 is 1.28 bits per heavy atom. The number of rotatable bonds is 0. The van der Waals surface area contributed by atoms with E-state index in [1.54, 1.807) is 0 Å². The molecule has 0 aromatic heterocycles. The van der Waals surface area contributed by atoms with Crippen molar-refractivity contribution in [3.8, 4) is 0 Å². The van der Waals surface area contributed by atoms with Gasteiger partial charge < -0.3 is 9.84 Å². The van der Waals surface area contributed by atoms with Crippen LogP contribution in [0.3, 0.4) is 0 Å². The molecule has 2 aliphatic carbocycles. The molecule has 0 amide bonds. The number of hydrogen-bond donors (Lipinski definition) is 1. The van der Waals surface area contributed by atoms with Gasteiger partial charge in [-0.15, -0.1) is 0 Å². The summed E-state index contributed by atoms with van der Waals surface area (Å²) in [5, 5.41) is 10.2. The molecule has 0 bridgehead atoms. The smallest absolute Gasteiger partial charge is 0.310 e. The van der Waals surface area contributed by atoms with Crippen LogP contribution in [0.5, 0.6) is 0 Å². The van der Waals surface area contributed by atoms with Crippen molar-refractivity contribution in [2.45, 2.75) is 46.1 Å². The Bertz CT molecular complexity index is 488. The zero-order valence-electron chi connectivity index (χ0n) is 10.9. The lowest BCUT2D eigenvalue weighted by Gasteiger charge is -2.49. The summed E-state index contributed by atoms with van der Waals surface area (Å²) in [6.45, 7) is 6.02. The Morgan fingerprint density at radius 3 is 2.61 bits per heavy atom. The van der Waals surface area contributed by atoms with E-state index in [0.717, 1.165) is 18.4 Å². The summed E-state index contributed by atoms with van der Waals surface area (Å²) < 4.78 is 5.44. The first-order valence-electron chi connectivity index (χ1n) is 6.46. The molecule has 1 saturated carbocycles. The van der Waals surface area contributed by atoms with Crippen LogP contribution in [0.1, 0.15) is 40.0 Å². The predicted octanol–water partition coefficient (Wildman–Crippen LogP) is 2.14.